The number of H-pyrrole nitrogens is 1. The first-order chi connectivity index (χ1) is 10.6. The second kappa shape index (κ2) is 5.33. The molecule has 110 valence electrons. The first kappa shape index (κ1) is 13.8. The molecule has 0 saturated heterocycles. The van der Waals surface area contributed by atoms with Crippen molar-refractivity contribution >= 4 is 22.9 Å². The minimum atomic E-state index is -0.386. The summed E-state index contributed by atoms with van der Waals surface area (Å²) in [6.45, 7) is 2.48. The Hall–Kier alpha value is -3.14. The number of nitriles is 1. The molecule has 1 amide bonds. The normalized spacial score (nSPS) is 10.6. The van der Waals surface area contributed by atoms with Gasteiger partial charge in [0, 0.05) is 18.8 Å². The number of halogens is 1. The molecule has 2 aromatic heterocycles. The van der Waals surface area contributed by atoms with Crippen molar-refractivity contribution < 1.29 is 9.18 Å². The summed E-state index contributed by atoms with van der Waals surface area (Å²) in [5, 5.41) is 11.4. The predicted molar refractivity (Wildman–Crippen MR) is 78.8 cm³/mol. The van der Waals surface area contributed by atoms with Crippen LogP contribution in [0.4, 0.5) is 10.3 Å². The molecular weight excluding hydrogens is 285 g/mol. The standard InChI is InChI=1S/C15H12FN5O/c1-2-21-13-4-3-10(16)6-12(13)19-15(21)20-14(22)9-5-11(7-17)18-8-9/h3-6,8,18H,2H2,1H3,(H,19,20,22). The summed E-state index contributed by atoms with van der Waals surface area (Å²) >= 11 is 0. The van der Waals surface area contributed by atoms with Crippen LogP contribution in [-0.4, -0.2) is 20.4 Å². The molecule has 0 aliphatic heterocycles. The van der Waals surface area contributed by atoms with Gasteiger partial charge in [-0.25, -0.2) is 9.37 Å². The number of aromatic nitrogens is 3. The average molecular weight is 297 g/mol. The Kier molecular flexibility index (Phi) is 3.35. The number of aromatic amines is 1. The molecule has 3 aromatic rings. The molecule has 0 aliphatic rings. The average Bonchev–Trinajstić information content (AvgIpc) is 3.10. The molecule has 0 atom stereocenters. The zero-order chi connectivity index (χ0) is 15.7. The summed E-state index contributed by atoms with van der Waals surface area (Å²) in [5.41, 5.74) is 1.85. The zero-order valence-corrected chi connectivity index (χ0v) is 11.7. The fourth-order valence-corrected chi connectivity index (χ4v) is 2.28. The van der Waals surface area contributed by atoms with Gasteiger partial charge in [0.15, 0.2) is 0 Å². The maximum absolute atomic E-state index is 13.3. The van der Waals surface area contributed by atoms with E-state index in [0.29, 0.717) is 29.3 Å². The second-order valence-corrected chi connectivity index (χ2v) is 4.68. The molecule has 0 bridgehead atoms. The van der Waals surface area contributed by atoms with Gasteiger partial charge in [0.1, 0.15) is 17.6 Å². The van der Waals surface area contributed by atoms with E-state index in [2.05, 4.69) is 15.3 Å². The number of anilines is 1. The fraction of sp³-hybridized carbons (Fsp3) is 0.133. The smallest absolute Gasteiger partial charge is 0.259 e. The van der Waals surface area contributed by atoms with Gasteiger partial charge in [0.05, 0.1) is 16.6 Å². The molecule has 22 heavy (non-hydrogen) atoms. The largest absolute Gasteiger partial charge is 0.352 e. The molecule has 0 aliphatic carbocycles. The fourth-order valence-electron chi connectivity index (χ4n) is 2.28. The van der Waals surface area contributed by atoms with Crippen LogP contribution in [0.2, 0.25) is 0 Å². The third-order valence-electron chi connectivity index (χ3n) is 3.32. The Morgan fingerprint density at radius 2 is 2.32 bits per heavy atom. The lowest BCUT2D eigenvalue weighted by Gasteiger charge is -2.06. The Bertz CT molecular complexity index is 902. The topological polar surface area (TPSA) is 86.5 Å². The minimum Gasteiger partial charge on any atom is -0.352 e. The highest BCUT2D eigenvalue weighted by Gasteiger charge is 2.15. The van der Waals surface area contributed by atoms with Gasteiger partial charge in [-0.1, -0.05) is 0 Å². The highest BCUT2D eigenvalue weighted by atomic mass is 19.1. The Labute approximate surface area is 125 Å². The van der Waals surface area contributed by atoms with Crippen LogP contribution < -0.4 is 5.32 Å². The molecule has 1 aromatic carbocycles. The summed E-state index contributed by atoms with van der Waals surface area (Å²) in [6, 6.07) is 7.67. The molecule has 0 saturated carbocycles. The zero-order valence-electron chi connectivity index (χ0n) is 11.7. The van der Waals surface area contributed by atoms with Crippen molar-refractivity contribution in [1.82, 2.24) is 14.5 Å². The van der Waals surface area contributed by atoms with Crippen LogP contribution in [0.25, 0.3) is 11.0 Å². The van der Waals surface area contributed by atoms with Crippen LogP contribution in [0.3, 0.4) is 0 Å². The first-order valence-corrected chi connectivity index (χ1v) is 6.68. The number of aryl methyl sites for hydroxylation is 1. The van der Waals surface area contributed by atoms with E-state index in [0.717, 1.165) is 5.52 Å². The highest BCUT2D eigenvalue weighted by Crippen LogP contribution is 2.21. The maximum atomic E-state index is 13.3. The number of amides is 1. The summed E-state index contributed by atoms with van der Waals surface area (Å²) in [6.07, 6.45) is 1.45. The maximum Gasteiger partial charge on any atom is 0.259 e. The summed E-state index contributed by atoms with van der Waals surface area (Å²) in [7, 11) is 0. The van der Waals surface area contributed by atoms with Crippen molar-refractivity contribution in [3.8, 4) is 6.07 Å². The van der Waals surface area contributed by atoms with Gasteiger partial charge in [0.2, 0.25) is 5.95 Å². The van der Waals surface area contributed by atoms with E-state index in [9.17, 15) is 9.18 Å². The van der Waals surface area contributed by atoms with E-state index in [-0.39, 0.29) is 11.7 Å². The number of hydrogen-bond acceptors (Lipinski definition) is 3. The minimum absolute atomic E-state index is 0.302. The van der Waals surface area contributed by atoms with Gasteiger partial charge in [-0.05, 0) is 25.1 Å². The Morgan fingerprint density at radius 3 is 3.00 bits per heavy atom. The molecule has 6 nitrogen and oxygen atoms in total. The molecule has 0 unspecified atom stereocenters. The van der Waals surface area contributed by atoms with Gasteiger partial charge in [-0.3, -0.25) is 10.1 Å². The van der Waals surface area contributed by atoms with Crippen molar-refractivity contribution in [2.45, 2.75) is 13.5 Å². The van der Waals surface area contributed by atoms with Crippen LogP contribution >= 0.6 is 0 Å². The predicted octanol–water partition coefficient (Wildman–Crippen LogP) is 2.65. The van der Waals surface area contributed by atoms with E-state index in [4.69, 9.17) is 5.26 Å². The molecule has 0 spiro atoms. The number of carbonyl (C=O) groups excluding carboxylic acids is 1. The van der Waals surface area contributed by atoms with Crippen LogP contribution in [0.1, 0.15) is 23.0 Å². The number of hydrogen-bond donors (Lipinski definition) is 2. The van der Waals surface area contributed by atoms with Crippen LogP contribution in [0.5, 0.6) is 0 Å². The van der Waals surface area contributed by atoms with Gasteiger partial charge in [0.25, 0.3) is 5.91 Å². The van der Waals surface area contributed by atoms with Crippen molar-refractivity contribution in [1.29, 1.82) is 5.26 Å². The van der Waals surface area contributed by atoms with E-state index in [1.165, 1.54) is 24.4 Å². The first-order valence-electron chi connectivity index (χ1n) is 6.68. The van der Waals surface area contributed by atoms with Gasteiger partial charge in [-0.15, -0.1) is 0 Å². The SMILES string of the molecule is CCn1c(NC(=O)c2c[nH]c(C#N)c2)nc2cc(F)ccc21. The van der Waals surface area contributed by atoms with Crippen LogP contribution in [0, 0.1) is 17.1 Å². The third-order valence-corrected chi connectivity index (χ3v) is 3.32. The Morgan fingerprint density at radius 1 is 1.50 bits per heavy atom. The van der Waals surface area contributed by atoms with Gasteiger partial charge < -0.3 is 9.55 Å². The molecular formula is C15H12FN5O. The lowest BCUT2D eigenvalue weighted by Crippen LogP contribution is -2.15. The lowest BCUT2D eigenvalue weighted by molar-refractivity contribution is 0.102. The van der Waals surface area contributed by atoms with E-state index < -0.39 is 0 Å². The van der Waals surface area contributed by atoms with E-state index >= 15 is 0 Å². The van der Waals surface area contributed by atoms with Crippen molar-refractivity contribution in [2.75, 3.05) is 5.32 Å². The summed E-state index contributed by atoms with van der Waals surface area (Å²) < 4.78 is 15.1. The lowest BCUT2D eigenvalue weighted by atomic mass is 10.3. The molecule has 3 rings (SSSR count). The van der Waals surface area contributed by atoms with Crippen LogP contribution in [0.15, 0.2) is 30.5 Å². The highest BCUT2D eigenvalue weighted by molar-refractivity contribution is 6.04. The molecule has 0 fully saturated rings. The van der Waals surface area contributed by atoms with E-state index in [1.807, 2.05) is 13.0 Å². The Balaban J connectivity index is 1.96. The number of imidazole rings is 1. The van der Waals surface area contributed by atoms with Crippen molar-refractivity contribution in [3.05, 3.63) is 47.5 Å². The van der Waals surface area contributed by atoms with Gasteiger partial charge >= 0.3 is 0 Å². The van der Waals surface area contributed by atoms with Crippen LogP contribution in [-0.2, 0) is 6.54 Å². The number of benzene rings is 1. The second-order valence-electron chi connectivity index (χ2n) is 4.68. The number of carbonyl (C=O) groups is 1. The summed E-state index contributed by atoms with van der Waals surface area (Å²) in [5.74, 6) is -0.425. The molecule has 0 radical (unpaired) electrons. The number of fused-ring (bicyclic) bond motifs is 1. The monoisotopic (exact) mass is 297 g/mol. The number of rotatable bonds is 3. The van der Waals surface area contributed by atoms with Crippen molar-refractivity contribution in [2.24, 2.45) is 0 Å². The molecule has 2 N–H and O–H groups in total. The van der Waals surface area contributed by atoms with Crippen molar-refractivity contribution in [3.63, 3.8) is 0 Å². The summed E-state index contributed by atoms with van der Waals surface area (Å²) in [4.78, 5) is 19.1. The quantitative estimate of drug-likeness (QED) is 0.779. The third kappa shape index (κ3) is 2.31. The number of nitrogens with one attached hydrogen (secondary N) is 2. The van der Waals surface area contributed by atoms with Gasteiger partial charge in [-0.2, -0.15) is 5.26 Å². The molecule has 7 heteroatoms. The van der Waals surface area contributed by atoms with E-state index in [1.54, 1.807) is 10.6 Å². The molecule has 2 heterocycles. The number of nitrogens with zero attached hydrogens (tertiary/aromatic N) is 3.